The van der Waals surface area contributed by atoms with E-state index in [4.69, 9.17) is 0 Å². The number of anilines is 2. The van der Waals surface area contributed by atoms with E-state index < -0.39 is 0 Å². The van der Waals surface area contributed by atoms with E-state index >= 15 is 0 Å². The van der Waals surface area contributed by atoms with Crippen molar-refractivity contribution in [3.8, 4) is 11.4 Å². The highest BCUT2D eigenvalue weighted by Crippen LogP contribution is 2.24. The zero-order valence-electron chi connectivity index (χ0n) is 17.6. The summed E-state index contributed by atoms with van der Waals surface area (Å²) < 4.78 is 0. The van der Waals surface area contributed by atoms with Crippen molar-refractivity contribution in [2.75, 3.05) is 12.4 Å². The van der Waals surface area contributed by atoms with Crippen LogP contribution in [0.2, 0.25) is 0 Å². The molecule has 3 aromatic rings. The quantitative estimate of drug-likeness (QED) is 0.606. The lowest BCUT2D eigenvalue weighted by Gasteiger charge is -2.31. The average molecular weight is 401 g/mol. The van der Waals surface area contributed by atoms with Gasteiger partial charge in [0.2, 0.25) is 0 Å². The van der Waals surface area contributed by atoms with E-state index in [1.165, 1.54) is 24.8 Å². The number of rotatable bonds is 5. The van der Waals surface area contributed by atoms with Crippen molar-refractivity contribution in [3.63, 3.8) is 0 Å². The van der Waals surface area contributed by atoms with Crippen LogP contribution in [0.3, 0.4) is 0 Å². The SMILES string of the molecule is Cc1ccc(-c2nccc(Nc3ccc(C(=O)N(C)C4CCCCC4)cc3)n2)cc1. The van der Waals surface area contributed by atoms with Gasteiger partial charge >= 0.3 is 0 Å². The number of carbonyl (C=O) groups is 1. The number of aryl methyl sites for hydroxylation is 1. The predicted octanol–water partition coefficient (Wildman–Crippen LogP) is 5.60. The second-order valence-corrected chi connectivity index (χ2v) is 8.04. The van der Waals surface area contributed by atoms with E-state index in [-0.39, 0.29) is 5.91 Å². The van der Waals surface area contributed by atoms with Gasteiger partial charge in [-0.3, -0.25) is 4.79 Å². The summed E-state index contributed by atoms with van der Waals surface area (Å²) in [4.78, 5) is 23.7. The number of hydrogen-bond acceptors (Lipinski definition) is 4. The van der Waals surface area contributed by atoms with E-state index in [1.807, 2.05) is 54.4 Å². The summed E-state index contributed by atoms with van der Waals surface area (Å²) in [6, 6.07) is 18.0. The van der Waals surface area contributed by atoms with Crippen LogP contribution in [0.4, 0.5) is 11.5 Å². The van der Waals surface area contributed by atoms with Crippen LogP contribution in [0.15, 0.2) is 60.8 Å². The Labute approximate surface area is 178 Å². The molecule has 1 amide bonds. The Bertz CT molecular complexity index is 992. The van der Waals surface area contributed by atoms with E-state index in [2.05, 4.69) is 34.3 Å². The van der Waals surface area contributed by atoms with Gasteiger partial charge in [0.05, 0.1) is 0 Å². The topological polar surface area (TPSA) is 58.1 Å². The lowest BCUT2D eigenvalue weighted by atomic mass is 9.94. The van der Waals surface area contributed by atoms with Gasteiger partial charge in [0.25, 0.3) is 5.91 Å². The van der Waals surface area contributed by atoms with Gasteiger partial charge in [0.15, 0.2) is 5.82 Å². The molecule has 0 bridgehead atoms. The second-order valence-electron chi connectivity index (χ2n) is 8.04. The van der Waals surface area contributed by atoms with E-state index in [1.54, 1.807) is 6.20 Å². The lowest BCUT2D eigenvalue weighted by molar-refractivity contribution is 0.0696. The van der Waals surface area contributed by atoms with Crippen LogP contribution >= 0.6 is 0 Å². The van der Waals surface area contributed by atoms with Gasteiger partial charge in [-0.05, 0) is 50.1 Å². The van der Waals surface area contributed by atoms with Crippen molar-refractivity contribution in [2.24, 2.45) is 0 Å². The number of carbonyl (C=O) groups excluding carboxylic acids is 1. The fourth-order valence-electron chi connectivity index (χ4n) is 3.95. The molecule has 0 unspecified atom stereocenters. The minimum absolute atomic E-state index is 0.0946. The van der Waals surface area contributed by atoms with E-state index in [0.29, 0.717) is 11.9 Å². The Hall–Kier alpha value is -3.21. The van der Waals surface area contributed by atoms with Crippen molar-refractivity contribution in [3.05, 3.63) is 71.9 Å². The van der Waals surface area contributed by atoms with E-state index in [0.717, 1.165) is 35.5 Å². The fourth-order valence-corrected chi connectivity index (χ4v) is 3.95. The standard InChI is InChI=1S/C25H28N4O/c1-18-8-10-19(11-9-18)24-26-17-16-23(28-24)27-21-14-12-20(13-15-21)25(30)29(2)22-6-4-3-5-7-22/h8-17,22H,3-7H2,1-2H3,(H,26,27,28). The van der Waals surface area contributed by atoms with Gasteiger partial charge in [-0.2, -0.15) is 0 Å². The first-order valence-electron chi connectivity index (χ1n) is 10.6. The van der Waals surface area contributed by atoms with Crippen LogP contribution in [0, 0.1) is 6.92 Å². The lowest BCUT2D eigenvalue weighted by Crippen LogP contribution is -2.38. The highest BCUT2D eigenvalue weighted by Gasteiger charge is 2.22. The average Bonchev–Trinajstić information content (AvgIpc) is 2.80. The second kappa shape index (κ2) is 9.08. The molecule has 1 saturated carbocycles. The Balaban J connectivity index is 1.44. The molecule has 154 valence electrons. The predicted molar refractivity (Wildman–Crippen MR) is 121 cm³/mol. The fraction of sp³-hybridized carbons (Fsp3) is 0.320. The molecule has 2 aromatic carbocycles. The smallest absolute Gasteiger partial charge is 0.253 e. The van der Waals surface area contributed by atoms with E-state index in [9.17, 15) is 4.79 Å². The minimum atomic E-state index is 0.0946. The molecule has 0 radical (unpaired) electrons. The molecule has 30 heavy (non-hydrogen) atoms. The summed E-state index contributed by atoms with van der Waals surface area (Å²) in [5.74, 6) is 1.50. The van der Waals surface area contributed by atoms with Crippen LogP contribution in [0.1, 0.15) is 48.0 Å². The maximum Gasteiger partial charge on any atom is 0.253 e. The van der Waals surface area contributed by atoms with Crippen molar-refractivity contribution >= 4 is 17.4 Å². The number of nitrogens with zero attached hydrogens (tertiary/aromatic N) is 3. The molecule has 1 aromatic heterocycles. The first kappa shape index (κ1) is 20.1. The van der Waals surface area contributed by atoms with Gasteiger partial charge in [0.1, 0.15) is 5.82 Å². The molecule has 1 N–H and O–H groups in total. The number of hydrogen-bond donors (Lipinski definition) is 1. The van der Waals surface area contributed by atoms with Crippen LogP contribution in [-0.4, -0.2) is 33.9 Å². The molecule has 1 fully saturated rings. The number of nitrogens with one attached hydrogen (secondary N) is 1. The summed E-state index contributed by atoms with van der Waals surface area (Å²) in [5.41, 5.74) is 3.80. The molecule has 1 heterocycles. The van der Waals surface area contributed by atoms with Gasteiger partial charge in [-0.1, -0.05) is 49.1 Å². The zero-order valence-corrected chi connectivity index (χ0v) is 17.6. The van der Waals surface area contributed by atoms with Crippen molar-refractivity contribution in [1.29, 1.82) is 0 Å². The number of amides is 1. The molecule has 0 atom stereocenters. The Kier molecular flexibility index (Phi) is 6.07. The third-order valence-electron chi connectivity index (χ3n) is 5.81. The van der Waals surface area contributed by atoms with Gasteiger partial charge < -0.3 is 10.2 Å². The molecular formula is C25H28N4O. The molecule has 1 aliphatic rings. The van der Waals surface area contributed by atoms with Crippen molar-refractivity contribution in [2.45, 2.75) is 45.1 Å². The molecule has 1 aliphatic carbocycles. The largest absolute Gasteiger partial charge is 0.340 e. The van der Waals surface area contributed by atoms with Crippen molar-refractivity contribution < 1.29 is 4.79 Å². The van der Waals surface area contributed by atoms with Gasteiger partial charge in [-0.15, -0.1) is 0 Å². The summed E-state index contributed by atoms with van der Waals surface area (Å²) in [6.07, 6.45) is 7.69. The third-order valence-corrected chi connectivity index (χ3v) is 5.81. The molecular weight excluding hydrogens is 372 g/mol. The molecule has 0 spiro atoms. The molecule has 4 rings (SSSR count). The summed E-state index contributed by atoms with van der Waals surface area (Å²) >= 11 is 0. The van der Waals surface area contributed by atoms with Gasteiger partial charge in [0, 0.05) is 36.1 Å². The monoisotopic (exact) mass is 400 g/mol. The Morgan fingerprint density at radius 1 is 0.967 bits per heavy atom. The summed E-state index contributed by atoms with van der Waals surface area (Å²) in [5, 5.41) is 3.31. The molecule has 0 aliphatic heterocycles. The highest BCUT2D eigenvalue weighted by molar-refractivity contribution is 5.94. The molecule has 5 heteroatoms. The minimum Gasteiger partial charge on any atom is -0.340 e. The van der Waals surface area contributed by atoms with Crippen molar-refractivity contribution in [1.82, 2.24) is 14.9 Å². The maximum absolute atomic E-state index is 12.8. The third kappa shape index (κ3) is 4.67. The maximum atomic E-state index is 12.8. The van der Waals surface area contributed by atoms with Crippen LogP contribution < -0.4 is 5.32 Å². The first-order valence-corrected chi connectivity index (χ1v) is 10.6. The van der Waals surface area contributed by atoms with Crippen LogP contribution in [0.25, 0.3) is 11.4 Å². The molecule has 0 saturated heterocycles. The highest BCUT2D eigenvalue weighted by atomic mass is 16.2. The number of aromatic nitrogens is 2. The van der Waals surface area contributed by atoms with Crippen LogP contribution in [0.5, 0.6) is 0 Å². The summed E-state index contributed by atoms with van der Waals surface area (Å²) in [7, 11) is 1.93. The van der Waals surface area contributed by atoms with Gasteiger partial charge in [-0.25, -0.2) is 9.97 Å². The zero-order chi connectivity index (χ0) is 20.9. The Morgan fingerprint density at radius 2 is 1.67 bits per heavy atom. The van der Waals surface area contributed by atoms with Crippen LogP contribution in [-0.2, 0) is 0 Å². The normalized spacial score (nSPS) is 14.3. The summed E-state index contributed by atoms with van der Waals surface area (Å²) in [6.45, 7) is 2.06. The first-order chi connectivity index (χ1) is 14.6. The molecule has 5 nitrogen and oxygen atoms in total. The Morgan fingerprint density at radius 3 is 2.37 bits per heavy atom. The number of benzene rings is 2.